The maximum absolute atomic E-state index is 12.7. The van der Waals surface area contributed by atoms with Gasteiger partial charge in [0.25, 0.3) is 0 Å². The number of halogens is 1. The van der Waals surface area contributed by atoms with Crippen LogP contribution in [-0.2, 0) is 0 Å². The van der Waals surface area contributed by atoms with Gasteiger partial charge >= 0.3 is 0 Å². The highest BCUT2D eigenvalue weighted by atomic mass is 31.0. The first-order valence-electron chi connectivity index (χ1n) is 3.14. The van der Waals surface area contributed by atoms with E-state index in [0.29, 0.717) is 0 Å². The van der Waals surface area contributed by atoms with Gasteiger partial charge in [0.15, 0.2) is 0 Å². The van der Waals surface area contributed by atoms with Crippen LogP contribution in [0.4, 0.5) is 4.39 Å². The summed E-state index contributed by atoms with van der Waals surface area (Å²) >= 11 is 0. The number of hydrogen-bond donors (Lipinski definition) is 0. The Balaban J connectivity index is 3.34. The third-order valence-corrected chi connectivity index (χ3v) is 2.56. The average molecular weight is 156 g/mol. The van der Waals surface area contributed by atoms with E-state index in [0.717, 1.165) is 16.4 Å². The van der Waals surface area contributed by atoms with E-state index in [-0.39, 0.29) is 5.82 Å². The van der Waals surface area contributed by atoms with E-state index in [1.165, 1.54) is 6.07 Å². The molecule has 0 heterocycles. The van der Waals surface area contributed by atoms with Crippen LogP contribution in [0.3, 0.4) is 0 Å². The Morgan fingerprint density at radius 2 is 1.90 bits per heavy atom. The lowest BCUT2D eigenvalue weighted by Gasteiger charge is -2.03. The van der Waals surface area contributed by atoms with E-state index < -0.39 is 0 Å². The Hall–Kier alpha value is -0.420. The third-order valence-electron chi connectivity index (χ3n) is 1.67. The van der Waals surface area contributed by atoms with Gasteiger partial charge in [-0.1, -0.05) is 6.07 Å². The Kier molecular flexibility index (Phi) is 2.05. The zero-order valence-electron chi connectivity index (χ0n) is 6.11. The van der Waals surface area contributed by atoms with E-state index >= 15 is 0 Å². The summed E-state index contributed by atoms with van der Waals surface area (Å²) in [5.74, 6) is -0.129. The van der Waals surface area contributed by atoms with Gasteiger partial charge in [0.1, 0.15) is 5.82 Å². The topological polar surface area (TPSA) is 0 Å². The lowest BCUT2D eigenvalue weighted by Crippen LogP contribution is -2.03. The van der Waals surface area contributed by atoms with Crippen molar-refractivity contribution in [1.82, 2.24) is 0 Å². The maximum Gasteiger partial charge on any atom is 0.126 e. The maximum atomic E-state index is 12.7. The molecule has 0 N–H and O–H groups in total. The van der Waals surface area contributed by atoms with Crippen LogP contribution in [0.1, 0.15) is 11.1 Å². The van der Waals surface area contributed by atoms with Crippen LogP contribution in [-0.4, -0.2) is 0 Å². The molecular weight excluding hydrogens is 146 g/mol. The molecule has 1 unspecified atom stereocenters. The molecule has 0 bridgehead atoms. The summed E-state index contributed by atoms with van der Waals surface area (Å²) in [5, 5.41) is 0.972. The minimum Gasteiger partial charge on any atom is -0.207 e. The first kappa shape index (κ1) is 7.68. The van der Waals surface area contributed by atoms with Crippen molar-refractivity contribution in [1.29, 1.82) is 0 Å². The lowest BCUT2D eigenvalue weighted by molar-refractivity contribution is 0.620. The highest BCUT2D eigenvalue weighted by Crippen LogP contribution is 2.08. The van der Waals surface area contributed by atoms with Crippen LogP contribution in [0.2, 0.25) is 0 Å². The number of aryl methyl sites for hydroxylation is 1. The molecule has 1 rings (SSSR count). The van der Waals surface area contributed by atoms with Crippen LogP contribution in [0.5, 0.6) is 0 Å². The molecule has 0 fully saturated rings. The normalized spacial score (nSPS) is 10.0. The van der Waals surface area contributed by atoms with E-state index in [1.807, 2.05) is 6.92 Å². The predicted octanol–water partition coefficient (Wildman–Crippen LogP) is 1.94. The molecule has 0 aliphatic rings. The highest BCUT2D eigenvalue weighted by Gasteiger charge is 2.00. The van der Waals surface area contributed by atoms with Crippen molar-refractivity contribution < 1.29 is 4.39 Å². The molecule has 0 saturated heterocycles. The molecule has 0 aliphatic heterocycles. The predicted molar refractivity (Wildman–Crippen MR) is 45.2 cm³/mol. The van der Waals surface area contributed by atoms with Crippen LogP contribution in [0.25, 0.3) is 0 Å². The van der Waals surface area contributed by atoms with Crippen molar-refractivity contribution >= 4 is 14.5 Å². The summed E-state index contributed by atoms with van der Waals surface area (Å²) in [6.45, 7) is 3.75. The van der Waals surface area contributed by atoms with Gasteiger partial charge in [-0.3, -0.25) is 0 Å². The van der Waals surface area contributed by atoms with Gasteiger partial charge in [0.05, 0.1) is 0 Å². The van der Waals surface area contributed by atoms with E-state index in [2.05, 4.69) is 9.24 Å². The number of hydrogen-bond acceptors (Lipinski definition) is 0. The minimum absolute atomic E-state index is 0.129. The zero-order valence-corrected chi connectivity index (χ0v) is 7.26. The van der Waals surface area contributed by atoms with Gasteiger partial charge in [0.2, 0.25) is 0 Å². The van der Waals surface area contributed by atoms with Crippen molar-refractivity contribution in [2.24, 2.45) is 0 Å². The molecule has 0 saturated carbocycles. The molecule has 0 nitrogen and oxygen atoms in total. The molecule has 0 spiro atoms. The summed E-state index contributed by atoms with van der Waals surface area (Å²) < 4.78 is 12.7. The monoisotopic (exact) mass is 156 g/mol. The van der Waals surface area contributed by atoms with Gasteiger partial charge in [-0.2, -0.15) is 0 Å². The Morgan fingerprint density at radius 1 is 1.30 bits per heavy atom. The van der Waals surface area contributed by atoms with Crippen LogP contribution < -0.4 is 5.30 Å². The van der Waals surface area contributed by atoms with Crippen LogP contribution in [0, 0.1) is 19.7 Å². The summed E-state index contributed by atoms with van der Waals surface area (Å²) in [6.07, 6.45) is 0. The zero-order chi connectivity index (χ0) is 7.72. The lowest BCUT2D eigenvalue weighted by atomic mass is 10.1. The van der Waals surface area contributed by atoms with Crippen molar-refractivity contribution in [2.45, 2.75) is 13.8 Å². The largest absolute Gasteiger partial charge is 0.207 e. The standard InChI is InChI=1S/C8H10FP/c1-5-3-4-7(9)6(2)8(5)10/h3-4H,10H2,1-2H3. The SMILES string of the molecule is Cc1ccc(F)c(C)c1P. The van der Waals surface area contributed by atoms with E-state index in [9.17, 15) is 4.39 Å². The molecule has 10 heavy (non-hydrogen) atoms. The number of rotatable bonds is 0. The molecule has 0 amide bonds. The molecular formula is C8H10FP. The molecule has 1 aromatic rings. The second kappa shape index (κ2) is 2.67. The fraction of sp³-hybridized carbons (Fsp3) is 0.250. The van der Waals surface area contributed by atoms with Crippen molar-refractivity contribution in [3.05, 3.63) is 29.1 Å². The Bertz CT molecular complexity index is 229. The molecule has 1 aromatic carbocycles. The molecule has 54 valence electrons. The van der Waals surface area contributed by atoms with Gasteiger partial charge < -0.3 is 0 Å². The molecule has 0 aromatic heterocycles. The van der Waals surface area contributed by atoms with Gasteiger partial charge in [-0.05, 0) is 36.3 Å². The molecule has 0 aliphatic carbocycles. The summed E-state index contributed by atoms with van der Waals surface area (Å²) in [7, 11) is 2.54. The number of benzene rings is 1. The second-order valence-electron chi connectivity index (χ2n) is 2.40. The smallest absolute Gasteiger partial charge is 0.126 e. The molecule has 0 radical (unpaired) electrons. The highest BCUT2D eigenvalue weighted by molar-refractivity contribution is 7.27. The summed E-state index contributed by atoms with van der Waals surface area (Å²) in [6, 6.07) is 3.28. The van der Waals surface area contributed by atoms with E-state index in [4.69, 9.17) is 0 Å². The average Bonchev–Trinajstić information content (AvgIpc) is 1.93. The minimum atomic E-state index is -0.129. The molecule has 1 atom stereocenters. The van der Waals surface area contributed by atoms with Gasteiger partial charge in [-0.15, -0.1) is 9.24 Å². The van der Waals surface area contributed by atoms with Crippen molar-refractivity contribution in [2.75, 3.05) is 0 Å². The van der Waals surface area contributed by atoms with E-state index in [1.54, 1.807) is 13.0 Å². The second-order valence-corrected chi connectivity index (χ2v) is 2.98. The van der Waals surface area contributed by atoms with Crippen LogP contribution in [0.15, 0.2) is 12.1 Å². The summed E-state index contributed by atoms with van der Waals surface area (Å²) in [4.78, 5) is 0. The fourth-order valence-corrected chi connectivity index (χ4v) is 1.07. The third kappa shape index (κ3) is 1.19. The first-order valence-corrected chi connectivity index (χ1v) is 3.72. The fourth-order valence-electron chi connectivity index (χ4n) is 0.837. The summed E-state index contributed by atoms with van der Waals surface area (Å²) in [5.41, 5.74) is 1.84. The Labute approximate surface area is 62.7 Å². The van der Waals surface area contributed by atoms with Gasteiger partial charge in [-0.25, -0.2) is 4.39 Å². The van der Waals surface area contributed by atoms with Crippen LogP contribution >= 0.6 is 9.24 Å². The van der Waals surface area contributed by atoms with Crippen molar-refractivity contribution in [3.63, 3.8) is 0 Å². The first-order chi connectivity index (χ1) is 4.63. The molecule has 2 heteroatoms. The Morgan fingerprint density at radius 3 is 2.40 bits per heavy atom. The van der Waals surface area contributed by atoms with Crippen molar-refractivity contribution in [3.8, 4) is 0 Å². The van der Waals surface area contributed by atoms with Gasteiger partial charge in [0, 0.05) is 0 Å². The quantitative estimate of drug-likeness (QED) is 0.503.